The summed E-state index contributed by atoms with van der Waals surface area (Å²) in [4.78, 5) is 18.6. The van der Waals surface area contributed by atoms with E-state index < -0.39 is 0 Å². The van der Waals surface area contributed by atoms with Crippen molar-refractivity contribution in [2.75, 3.05) is 30.9 Å². The summed E-state index contributed by atoms with van der Waals surface area (Å²) in [6.07, 6.45) is 7.98. The molecule has 0 aliphatic heterocycles. The molecule has 2 rings (SSSR count). The summed E-state index contributed by atoms with van der Waals surface area (Å²) in [5, 5.41) is 3.00. The molecule has 0 aromatic carbocycles. The van der Waals surface area contributed by atoms with Crippen molar-refractivity contribution in [3.8, 4) is 0 Å². The fraction of sp³-hybridized carbons (Fsp3) is 0.625. The van der Waals surface area contributed by atoms with Gasteiger partial charge in [0.2, 0.25) is 5.91 Å². The molecule has 1 fully saturated rings. The Hall–Kier alpha value is -1.62. The Morgan fingerprint density at radius 1 is 1.38 bits per heavy atom. The molecule has 1 aromatic rings. The molecular weight excluding hydrogens is 264 g/mol. The molecule has 5 heteroatoms. The number of nitrogens with two attached hydrogens (primary N) is 1. The Labute approximate surface area is 126 Å². The van der Waals surface area contributed by atoms with Gasteiger partial charge >= 0.3 is 0 Å². The van der Waals surface area contributed by atoms with Crippen molar-refractivity contribution in [2.24, 2.45) is 11.1 Å². The minimum absolute atomic E-state index is 0.0111. The van der Waals surface area contributed by atoms with Gasteiger partial charge in [-0.05, 0) is 36.9 Å². The van der Waals surface area contributed by atoms with E-state index in [4.69, 9.17) is 5.73 Å². The molecule has 1 aliphatic carbocycles. The van der Waals surface area contributed by atoms with Crippen molar-refractivity contribution >= 4 is 17.4 Å². The largest absolute Gasteiger partial charge is 0.361 e. The van der Waals surface area contributed by atoms with Crippen LogP contribution in [-0.4, -0.2) is 31.5 Å². The molecule has 1 saturated carbocycles. The van der Waals surface area contributed by atoms with Gasteiger partial charge in [0.15, 0.2) is 5.82 Å². The first-order valence-electron chi connectivity index (χ1n) is 7.69. The molecule has 5 nitrogen and oxygen atoms in total. The molecule has 1 aromatic heterocycles. The van der Waals surface area contributed by atoms with Crippen molar-refractivity contribution in [2.45, 2.75) is 38.5 Å². The van der Waals surface area contributed by atoms with E-state index in [0.29, 0.717) is 13.0 Å². The highest BCUT2D eigenvalue weighted by Gasteiger charge is 2.33. The normalized spacial score (nSPS) is 17.3. The number of amides is 1. The maximum Gasteiger partial charge on any atom is 0.225 e. The molecule has 0 atom stereocenters. The van der Waals surface area contributed by atoms with E-state index in [0.717, 1.165) is 24.3 Å². The highest BCUT2D eigenvalue weighted by Crippen LogP contribution is 2.38. The smallest absolute Gasteiger partial charge is 0.225 e. The highest BCUT2D eigenvalue weighted by molar-refractivity contribution is 5.94. The minimum Gasteiger partial charge on any atom is -0.361 e. The second kappa shape index (κ2) is 6.89. The van der Waals surface area contributed by atoms with E-state index in [1.165, 1.54) is 19.3 Å². The number of hydrogen-bond acceptors (Lipinski definition) is 4. The number of anilines is 2. The zero-order valence-electron chi connectivity index (χ0n) is 13.1. The van der Waals surface area contributed by atoms with Crippen LogP contribution >= 0.6 is 0 Å². The molecular formula is C16H26N4O. The molecule has 21 heavy (non-hydrogen) atoms. The van der Waals surface area contributed by atoms with E-state index in [2.05, 4.69) is 10.3 Å². The van der Waals surface area contributed by atoms with E-state index in [1.54, 1.807) is 6.20 Å². The monoisotopic (exact) mass is 290 g/mol. The number of pyridine rings is 1. The van der Waals surface area contributed by atoms with Gasteiger partial charge in [-0.1, -0.05) is 19.3 Å². The van der Waals surface area contributed by atoms with Crippen LogP contribution in [0.3, 0.4) is 0 Å². The summed E-state index contributed by atoms with van der Waals surface area (Å²) < 4.78 is 0. The molecule has 1 amide bonds. The van der Waals surface area contributed by atoms with Gasteiger partial charge in [-0.15, -0.1) is 0 Å². The number of carbonyl (C=O) groups excluding carboxylic acids is 1. The topological polar surface area (TPSA) is 71.2 Å². The predicted molar refractivity (Wildman–Crippen MR) is 86.4 cm³/mol. The van der Waals surface area contributed by atoms with Gasteiger partial charge in [0.25, 0.3) is 0 Å². The summed E-state index contributed by atoms with van der Waals surface area (Å²) >= 11 is 0. The van der Waals surface area contributed by atoms with Crippen LogP contribution < -0.4 is 16.0 Å². The third-order valence-electron chi connectivity index (χ3n) is 4.37. The lowest BCUT2D eigenvalue weighted by Gasteiger charge is -2.35. The van der Waals surface area contributed by atoms with Crippen molar-refractivity contribution in [1.29, 1.82) is 0 Å². The van der Waals surface area contributed by atoms with Crippen LogP contribution in [-0.2, 0) is 4.79 Å². The van der Waals surface area contributed by atoms with Crippen LogP contribution in [0.1, 0.15) is 38.5 Å². The van der Waals surface area contributed by atoms with Gasteiger partial charge in [-0.3, -0.25) is 4.79 Å². The quantitative estimate of drug-likeness (QED) is 0.873. The van der Waals surface area contributed by atoms with Crippen LogP contribution in [0.4, 0.5) is 11.5 Å². The first-order chi connectivity index (χ1) is 10.1. The maximum absolute atomic E-state index is 12.4. The van der Waals surface area contributed by atoms with Gasteiger partial charge in [-0.2, -0.15) is 0 Å². The van der Waals surface area contributed by atoms with E-state index in [1.807, 2.05) is 31.1 Å². The average molecular weight is 290 g/mol. The van der Waals surface area contributed by atoms with Gasteiger partial charge in [0.05, 0.1) is 5.69 Å². The first kappa shape index (κ1) is 15.8. The number of aromatic nitrogens is 1. The Bertz CT molecular complexity index is 481. The van der Waals surface area contributed by atoms with Crippen LogP contribution in [0, 0.1) is 5.41 Å². The molecule has 0 unspecified atom stereocenters. The molecule has 0 radical (unpaired) electrons. The number of hydrogen-bond donors (Lipinski definition) is 2. The Kier molecular flexibility index (Phi) is 5.17. The van der Waals surface area contributed by atoms with Crippen molar-refractivity contribution < 1.29 is 4.79 Å². The Balaban J connectivity index is 2.04. The fourth-order valence-electron chi connectivity index (χ4n) is 3.14. The summed E-state index contributed by atoms with van der Waals surface area (Å²) in [6, 6.07) is 3.72. The minimum atomic E-state index is -0.0111. The molecule has 116 valence electrons. The van der Waals surface area contributed by atoms with Crippen LogP contribution in [0.5, 0.6) is 0 Å². The SMILES string of the molecule is CN(C)c1ncccc1NC(=O)CC1(CN)CCCCC1. The number of nitrogens with zero attached hydrogens (tertiary/aromatic N) is 2. The van der Waals surface area contributed by atoms with E-state index in [-0.39, 0.29) is 11.3 Å². The molecule has 1 aliphatic rings. The first-order valence-corrected chi connectivity index (χ1v) is 7.69. The second-order valence-corrected chi connectivity index (χ2v) is 6.26. The van der Waals surface area contributed by atoms with E-state index >= 15 is 0 Å². The zero-order valence-corrected chi connectivity index (χ0v) is 13.1. The van der Waals surface area contributed by atoms with Gasteiger partial charge in [0.1, 0.15) is 0 Å². The summed E-state index contributed by atoms with van der Waals surface area (Å²) in [5.41, 5.74) is 6.71. The summed E-state index contributed by atoms with van der Waals surface area (Å²) in [6.45, 7) is 0.591. The molecule has 0 spiro atoms. The van der Waals surface area contributed by atoms with Crippen molar-refractivity contribution in [3.05, 3.63) is 18.3 Å². The van der Waals surface area contributed by atoms with Crippen LogP contribution in [0.2, 0.25) is 0 Å². The van der Waals surface area contributed by atoms with Crippen molar-refractivity contribution in [1.82, 2.24) is 4.98 Å². The van der Waals surface area contributed by atoms with Gasteiger partial charge in [-0.25, -0.2) is 4.98 Å². The number of rotatable bonds is 5. The lowest BCUT2D eigenvalue weighted by molar-refractivity contribution is -0.118. The standard InChI is InChI=1S/C16H26N4O/c1-20(2)15-13(7-6-10-18-15)19-14(21)11-16(12-17)8-4-3-5-9-16/h6-7,10H,3-5,8-9,11-12,17H2,1-2H3,(H,19,21). The molecule has 0 saturated heterocycles. The zero-order chi connectivity index (χ0) is 15.3. The fourth-order valence-corrected chi connectivity index (χ4v) is 3.14. The number of carbonyl (C=O) groups is 1. The third kappa shape index (κ3) is 3.94. The van der Waals surface area contributed by atoms with Gasteiger partial charge in [0, 0.05) is 26.7 Å². The molecule has 1 heterocycles. The third-order valence-corrected chi connectivity index (χ3v) is 4.37. The summed E-state index contributed by atoms with van der Waals surface area (Å²) in [7, 11) is 3.83. The maximum atomic E-state index is 12.4. The predicted octanol–water partition coefficient (Wildman–Crippen LogP) is 2.39. The Morgan fingerprint density at radius 2 is 2.10 bits per heavy atom. The molecule has 3 N–H and O–H groups in total. The lowest BCUT2D eigenvalue weighted by atomic mass is 9.71. The van der Waals surface area contributed by atoms with Crippen LogP contribution in [0.15, 0.2) is 18.3 Å². The van der Waals surface area contributed by atoms with E-state index in [9.17, 15) is 4.79 Å². The summed E-state index contributed by atoms with van der Waals surface area (Å²) in [5.74, 6) is 0.815. The lowest BCUT2D eigenvalue weighted by Crippen LogP contribution is -2.36. The van der Waals surface area contributed by atoms with Gasteiger partial charge < -0.3 is 16.0 Å². The Morgan fingerprint density at radius 3 is 2.71 bits per heavy atom. The number of nitrogens with one attached hydrogen (secondary N) is 1. The molecule has 0 bridgehead atoms. The second-order valence-electron chi connectivity index (χ2n) is 6.26. The average Bonchev–Trinajstić information content (AvgIpc) is 2.48. The van der Waals surface area contributed by atoms with Crippen molar-refractivity contribution in [3.63, 3.8) is 0 Å². The van der Waals surface area contributed by atoms with Crippen LogP contribution in [0.25, 0.3) is 0 Å². The highest BCUT2D eigenvalue weighted by atomic mass is 16.1.